The Kier molecular flexibility index (Phi) is 6.37. The molecule has 1 N–H and O–H groups in total. The molecule has 132 valence electrons. The fourth-order valence-electron chi connectivity index (χ4n) is 3.05. The highest BCUT2D eigenvalue weighted by Gasteiger charge is 2.22. The van der Waals surface area contributed by atoms with Gasteiger partial charge in [0.2, 0.25) is 0 Å². The maximum atomic E-state index is 12.6. The average Bonchev–Trinajstić information content (AvgIpc) is 2.56. The first-order chi connectivity index (χ1) is 11.4. The molecule has 0 aromatic heterocycles. The Morgan fingerprint density at radius 3 is 2.79 bits per heavy atom. The highest BCUT2D eigenvalue weighted by Crippen LogP contribution is 2.21. The predicted molar refractivity (Wildman–Crippen MR) is 95.2 cm³/mol. The molecule has 1 heterocycles. The fourth-order valence-corrected chi connectivity index (χ4v) is 3.05. The second-order valence-corrected chi connectivity index (χ2v) is 6.62. The van der Waals surface area contributed by atoms with Crippen LogP contribution in [0.1, 0.15) is 49.5 Å². The summed E-state index contributed by atoms with van der Waals surface area (Å²) in [5.74, 6) is 0.455. The Morgan fingerprint density at radius 1 is 1.42 bits per heavy atom. The minimum absolute atomic E-state index is 0.0743. The van der Waals surface area contributed by atoms with Gasteiger partial charge in [0.25, 0.3) is 11.8 Å². The van der Waals surface area contributed by atoms with Crippen molar-refractivity contribution in [2.24, 2.45) is 5.92 Å². The third-order valence-electron chi connectivity index (χ3n) is 4.46. The molecule has 1 saturated heterocycles. The number of likely N-dealkylation sites (tertiary alicyclic amines) is 1. The summed E-state index contributed by atoms with van der Waals surface area (Å²) in [5.41, 5.74) is 2.27. The van der Waals surface area contributed by atoms with E-state index < -0.39 is 6.10 Å². The van der Waals surface area contributed by atoms with Crippen LogP contribution in [0.25, 0.3) is 0 Å². The van der Waals surface area contributed by atoms with Gasteiger partial charge in [-0.1, -0.05) is 6.92 Å². The van der Waals surface area contributed by atoms with Crippen LogP contribution in [0.2, 0.25) is 0 Å². The number of hydrogen-bond donors (Lipinski definition) is 1. The normalized spacial score (nSPS) is 19.0. The first kappa shape index (κ1) is 18.5. The van der Waals surface area contributed by atoms with Gasteiger partial charge in [0.05, 0.1) is 0 Å². The zero-order valence-electron chi connectivity index (χ0n) is 15.1. The second kappa shape index (κ2) is 8.29. The minimum Gasteiger partial charge on any atom is -0.369 e. The monoisotopic (exact) mass is 332 g/mol. The van der Waals surface area contributed by atoms with Crippen LogP contribution in [0, 0.1) is 12.8 Å². The van der Waals surface area contributed by atoms with Gasteiger partial charge in [-0.15, -0.1) is 0 Å². The molecule has 0 spiro atoms. The summed E-state index contributed by atoms with van der Waals surface area (Å²) in [4.78, 5) is 26.6. The summed E-state index contributed by atoms with van der Waals surface area (Å²) >= 11 is 0. The Bertz CT molecular complexity index is 600. The van der Waals surface area contributed by atoms with E-state index in [9.17, 15) is 9.59 Å². The van der Waals surface area contributed by atoms with Gasteiger partial charge in [0.15, 0.2) is 0 Å². The number of amides is 2. The summed E-state index contributed by atoms with van der Waals surface area (Å²) in [6, 6.07) is 5.44. The largest absolute Gasteiger partial charge is 0.369 e. The molecule has 1 aromatic rings. The maximum Gasteiger partial charge on any atom is 0.253 e. The number of nitrogens with zero attached hydrogens (tertiary/aromatic N) is 1. The topological polar surface area (TPSA) is 58.6 Å². The Labute approximate surface area is 144 Å². The van der Waals surface area contributed by atoms with Crippen molar-refractivity contribution in [3.8, 4) is 0 Å². The number of benzene rings is 1. The molecule has 24 heavy (non-hydrogen) atoms. The average molecular weight is 332 g/mol. The van der Waals surface area contributed by atoms with Crippen molar-refractivity contribution >= 4 is 17.5 Å². The smallest absolute Gasteiger partial charge is 0.253 e. The third-order valence-corrected chi connectivity index (χ3v) is 4.46. The molecule has 2 rings (SSSR count). The first-order valence-electron chi connectivity index (χ1n) is 8.74. The van der Waals surface area contributed by atoms with Crippen LogP contribution >= 0.6 is 0 Å². The molecule has 2 amide bonds. The van der Waals surface area contributed by atoms with E-state index in [1.54, 1.807) is 19.1 Å². The third kappa shape index (κ3) is 4.57. The molecule has 2 atom stereocenters. The number of hydrogen-bond acceptors (Lipinski definition) is 3. The van der Waals surface area contributed by atoms with E-state index in [1.165, 1.54) is 6.42 Å². The lowest BCUT2D eigenvalue weighted by Crippen LogP contribution is -2.39. The van der Waals surface area contributed by atoms with Crippen LogP contribution in [0.15, 0.2) is 18.2 Å². The summed E-state index contributed by atoms with van der Waals surface area (Å²) in [6.07, 6.45) is 1.76. The number of carbonyl (C=O) groups is 2. The van der Waals surface area contributed by atoms with Gasteiger partial charge in [-0.2, -0.15) is 0 Å². The molecule has 5 nitrogen and oxygen atoms in total. The Morgan fingerprint density at radius 2 is 2.17 bits per heavy atom. The molecule has 0 aliphatic carbocycles. The van der Waals surface area contributed by atoms with Crippen molar-refractivity contribution in [1.82, 2.24) is 4.90 Å². The molecule has 0 radical (unpaired) electrons. The Balaban J connectivity index is 2.06. The van der Waals surface area contributed by atoms with Gasteiger partial charge >= 0.3 is 0 Å². The van der Waals surface area contributed by atoms with Gasteiger partial charge in [-0.05, 0) is 63.3 Å². The predicted octanol–water partition coefficient (Wildman–Crippen LogP) is 3.23. The van der Waals surface area contributed by atoms with Crippen LogP contribution in [0.3, 0.4) is 0 Å². The van der Waals surface area contributed by atoms with Crippen molar-refractivity contribution in [2.75, 3.05) is 25.0 Å². The van der Waals surface area contributed by atoms with Crippen molar-refractivity contribution in [3.63, 3.8) is 0 Å². The van der Waals surface area contributed by atoms with Gasteiger partial charge in [0, 0.05) is 30.9 Å². The fraction of sp³-hybridized carbons (Fsp3) is 0.579. The SMILES string of the molecule is CCO[C@@H](C)C(=O)Nc1ccc(C(=O)N2CCC[C@@H](C)C2)cc1C. The van der Waals surface area contributed by atoms with Crippen molar-refractivity contribution in [2.45, 2.75) is 46.6 Å². The lowest BCUT2D eigenvalue weighted by Gasteiger charge is -2.31. The molecule has 0 saturated carbocycles. The van der Waals surface area contributed by atoms with Gasteiger partial charge in [-0.25, -0.2) is 0 Å². The van der Waals surface area contributed by atoms with E-state index in [4.69, 9.17) is 4.74 Å². The quantitative estimate of drug-likeness (QED) is 0.900. The highest BCUT2D eigenvalue weighted by molar-refractivity contribution is 5.97. The summed E-state index contributed by atoms with van der Waals surface area (Å²) < 4.78 is 5.29. The maximum absolute atomic E-state index is 12.6. The van der Waals surface area contributed by atoms with Gasteiger partial charge in [-0.3, -0.25) is 9.59 Å². The number of nitrogens with one attached hydrogen (secondary N) is 1. The van der Waals surface area contributed by atoms with E-state index in [0.29, 0.717) is 18.1 Å². The van der Waals surface area contributed by atoms with Crippen LogP contribution in [0.5, 0.6) is 0 Å². The summed E-state index contributed by atoms with van der Waals surface area (Å²) in [6.45, 7) is 9.81. The summed E-state index contributed by atoms with van der Waals surface area (Å²) in [5, 5.41) is 2.86. The molecule has 1 aliphatic rings. The molecule has 1 fully saturated rings. The lowest BCUT2D eigenvalue weighted by molar-refractivity contribution is -0.126. The van der Waals surface area contributed by atoms with Crippen LogP contribution in [-0.2, 0) is 9.53 Å². The van der Waals surface area contributed by atoms with Gasteiger partial charge < -0.3 is 15.0 Å². The van der Waals surface area contributed by atoms with Crippen LogP contribution in [-0.4, -0.2) is 42.5 Å². The zero-order chi connectivity index (χ0) is 17.7. The number of anilines is 1. The van der Waals surface area contributed by atoms with E-state index in [1.807, 2.05) is 24.8 Å². The molecular weight excluding hydrogens is 304 g/mol. The standard InChI is InChI=1S/C19H28N2O3/c1-5-24-15(4)18(22)20-17-9-8-16(11-14(17)3)19(23)21-10-6-7-13(2)12-21/h8-9,11,13,15H,5-7,10,12H2,1-4H3,(H,20,22)/t13-,15+/m1/s1. The van der Waals surface area contributed by atoms with Crippen molar-refractivity contribution in [3.05, 3.63) is 29.3 Å². The molecule has 5 heteroatoms. The van der Waals surface area contributed by atoms with E-state index in [0.717, 1.165) is 30.8 Å². The van der Waals surface area contributed by atoms with E-state index in [2.05, 4.69) is 12.2 Å². The molecule has 0 bridgehead atoms. The Hall–Kier alpha value is -1.88. The highest BCUT2D eigenvalue weighted by atomic mass is 16.5. The number of rotatable bonds is 5. The number of piperidine rings is 1. The first-order valence-corrected chi connectivity index (χ1v) is 8.74. The molecular formula is C19H28N2O3. The van der Waals surface area contributed by atoms with Crippen molar-refractivity contribution in [1.29, 1.82) is 0 Å². The number of ether oxygens (including phenoxy) is 1. The van der Waals surface area contributed by atoms with Crippen LogP contribution in [0.4, 0.5) is 5.69 Å². The minimum atomic E-state index is -0.495. The van der Waals surface area contributed by atoms with Crippen LogP contribution < -0.4 is 5.32 Å². The second-order valence-electron chi connectivity index (χ2n) is 6.62. The molecule has 1 aliphatic heterocycles. The number of carbonyl (C=O) groups excluding carboxylic acids is 2. The zero-order valence-corrected chi connectivity index (χ0v) is 15.1. The summed E-state index contributed by atoms with van der Waals surface area (Å²) in [7, 11) is 0. The van der Waals surface area contributed by atoms with Crippen molar-refractivity contribution < 1.29 is 14.3 Å². The molecule has 0 unspecified atom stereocenters. The van der Waals surface area contributed by atoms with E-state index in [-0.39, 0.29) is 11.8 Å². The number of aryl methyl sites for hydroxylation is 1. The lowest BCUT2D eigenvalue weighted by atomic mass is 9.99. The molecule has 1 aromatic carbocycles. The van der Waals surface area contributed by atoms with E-state index >= 15 is 0 Å². The van der Waals surface area contributed by atoms with Gasteiger partial charge in [0.1, 0.15) is 6.10 Å².